The number of aryl methyl sites for hydroxylation is 1. The van der Waals surface area contributed by atoms with Crippen LogP contribution in [-0.4, -0.2) is 20.9 Å². The van der Waals surface area contributed by atoms with Crippen LogP contribution in [0.15, 0.2) is 12.1 Å². The second-order valence-electron chi connectivity index (χ2n) is 6.99. The standard InChI is InChI=1S/C18H19N3O2/c19-17-14-9-23-18(6-7-18)8-13(14)15(20-21-17)12-5-4-10-2-1-3-11(10)16(12)22/h4-5,22H,1-3,6-9H2,(H2,19,21). The molecule has 118 valence electrons. The van der Waals surface area contributed by atoms with Crippen molar-refractivity contribution in [1.82, 2.24) is 10.2 Å². The van der Waals surface area contributed by atoms with E-state index in [0.717, 1.165) is 66.5 Å². The lowest BCUT2D eigenvalue weighted by molar-refractivity contribution is 0.00838. The summed E-state index contributed by atoms with van der Waals surface area (Å²) in [6.07, 6.45) is 6.08. The Bertz CT molecular complexity index is 828. The largest absolute Gasteiger partial charge is 0.507 e. The van der Waals surface area contributed by atoms with Crippen LogP contribution in [0, 0.1) is 0 Å². The highest BCUT2D eigenvalue weighted by Gasteiger charge is 2.48. The van der Waals surface area contributed by atoms with Gasteiger partial charge in [-0.05, 0) is 54.9 Å². The van der Waals surface area contributed by atoms with Crippen LogP contribution in [0.2, 0.25) is 0 Å². The van der Waals surface area contributed by atoms with Crippen LogP contribution in [-0.2, 0) is 30.6 Å². The Labute approximate surface area is 134 Å². The predicted octanol–water partition coefficient (Wildman–Crippen LogP) is 2.53. The molecule has 1 aromatic carbocycles. The van der Waals surface area contributed by atoms with Crippen LogP contribution in [0.3, 0.4) is 0 Å². The summed E-state index contributed by atoms with van der Waals surface area (Å²) in [5, 5.41) is 19.2. The van der Waals surface area contributed by atoms with E-state index in [-0.39, 0.29) is 5.60 Å². The van der Waals surface area contributed by atoms with Gasteiger partial charge >= 0.3 is 0 Å². The number of hydrogen-bond acceptors (Lipinski definition) is 5. The van der Waals surface area contributed by atoms with E-state index >= 15 is 0 Å². The van der Waals surface area contributed by atoms with Crippen molar-refractivity contribution in [2.45, 2.75) is 50.7 Å². The lowest BCUT2D eigenvalue weighted by Crippen LogP contribution is -2.26. The van der Waals surface area contributed by atoms with E-state index in [4.69, 9.17) is 10.5 Å². The first kappa shape index (κ1) is 13.3. The Morgan fingerprint density at radius 2 is 1.96 bits per heavy atom. The molecule has 2 aliphatic carbocycles. The van der Waals surface area contributed by atoms with Crippen molar-refractivity contribution in [3.05, 3.63) is 34.4 Å². The van der Waals surface area contributed by atoms with E-state index in [9.17, 15) is 5.11 Å². The van der Waals surface area contributed by atoms with Gasteiger partial charge in [0.05, 0.1) is 12.2 Å². The molecule has 1 saturated carbocycles. The van der Waals surface area contributed by atoms with Crippen molar-refractivity contribution in [3.8, 4) is 17.0 Å². The van der Waals surface area contributed by atoms with Crippen molar-refractivity contribution in [3.63, 3.8) is 0 Å². The number of aromatic nitrogens is 2. The maximum atomic E-state index is 10.7. The molecule has 1 aromatic heterocycles. The van der Waals surface area contributed by atoms with Gasteiger partial charge in [0.15, 0.2) is 5.82 Å². The lowest BCUT2D eigenvalue weighted by Gasteiger charge is -2.27. The van der Waals surface area contributed by atoms with Gasteiger partial charge in [0.2, 0.25) is 0 Å². The van der Waals surface area contributed by atoms with Gasteiger partial charge in [-0.15, -0.1) is 10.2 Å². The summed E-state index contributed by atoms with van der Waals surface area (Å²) in [6, 6.07) is 4.10. The number of aromatic hydroxyl groups is 1. The Balaban J connectivity index is 1.70. The molecule has 1 fully saturated rings. The third kappa shape index (κ3) is 1.89. The summed E-state index contributed by atoms with van der Waals surface area (Å²) in [5.41, 5.74) is 11.9. The van der Waals surface area contributed by atoms with Crippen LogP contribution < -0.4 is 5.73 Å². The number of phenols is 1. The van der Waals surface area contributed by atoms with E-state index in [1.54, 1.807) is 0 Å². The highest BCUT2D eigenvalue weighted by Crippen LogP contribution is 2.49. The van der Waals surface area contributed by atoms with Gasteiger partial charge in [-0.1, -0.05) is 6.07 Å². The number of nitrogens with zero attached hydrogens (tertiary/aromatic N) is 2. The second kappa shape index (κ2) is 4.45. The molecule has 1 aliphatic heterocycles. The molecule has 3 aliphatic rings. The van der Waals surface area contributed by atoms with E-state index in [2.05, 4.69) is 16.3 Å². The first-order valence-corrected chi connectivity index (χ1v) is 8.29. The Kier molecular flexibility index (Phi) is 2.57. The molecule has 0 amide bonds. The summed E-state index contributed by atoms with van der Waals surface area (Å²) in [6.45, 7) is 0.495. The summed E-state index contributed by atoms with van der Waals surface area (Å²) in [7, 11) is 0. The number of anilines is 1. The number of phenolic OH excluding ortho intramolecular Hbond substituents is 1. The number of ether oxygens (including phenoxy) is 1. The van der Waals surface area contributed by atoms with E-state index in [0.29, 0.717) is 18.2 Å². The van der Waals surface area contributed by atoms with Gasteiger partial charge in [-0.2, -0.15) is 0 Å². The van der Waals surface area contributed by atoms with E-state index in [1.165, 1.54) is 5.56 Å². The molecule has 5 nitrogen and oxygen atoms in total. The number of rotatable bonds is 1. The fourth-order valence-electron chi connectivity index (χ4n) is 3.99. The van der Waals surface area contributed by atoms with Crippen molar-refractivity contribution in [2.24, 2.45) is 0 Å². The summed E-state index contributed by atoms with van der Waals surface area (Å²) in [4.78, 5) is 0. The predicted molar refractivity (Wildman–Crippen MR) is 86.0 cm³/mol. The fourth-order valence-corrected chi connectivity index (χ4v) is 3.99. The zero-order chi connectivity index (χ0) is 15.6. The minimum atomic E-state index is -0.0242. The Hall–Kier alpha value is -2.14. The maximum absolute atomic E-state index is 10.7. The van der Waals surface area contributed by atoms with Crippen molar-refractivity contribution in [2.75, 3.05) is 5.73 Å². The smallest absolute Gasteiger partial charge is 0.151 e. The first-order valence-electron chi connectivity index (χ1n) is 8.29. The zero-order valence-corrected chi connectivity index (χ0v) is 12.9. The molecule has 5 heteroatoms. The molecule has 0 radical (unpaired) electrons. The van der Waals surface area contributed by atoms with Crippen molar-refractivity contribution >= 4 is 5.82 Å². The molecule has 2 heterocycles. The average Bonchev–Trinajstić information content (AvgIpc) is 3.11. The first-order chi connectivity index (χ1) is 11.2. The van der Waals surface area contributed by atoms with Gasteiger partial charge in [0.25, 0.3) is 0 Å². The van der Waals surface area contributed by atoms with Crippen LogP contribution in [0.1, 0.15) is 41.5 Å². The number of nitrogens with two attached hydrogens (primary N) is 1. The third-order valence-corrected chi connectivity index (χ3v) is 5.55. The molecule has 23 heavy (non-hydrogen) atoms. The normalized spacial score (nSPS) is 20.3. The summed E-state index contributed by atoms with van der Waals surface area (Å²) in [5.74, 6) is 0.817. The van der Waals surface area contributed by atoms with Gasteiger partial charge in [0.1, 0.15) is 11.4 Å². The molecule has 0 atom stereocenters. The summed E-state index contributed by atoms with van der Waals surface area (Å²) >= 11 is 0. The average molecular weight is 309 g/mol. The quantitative estimate of drug-likeness (QED) is 0.846. The van der Waals surface area contributed by atoms with Crippen LogP contribution in [0.4, 0.5) is 5.82 Å². The number of nitrogen functional groups attached to an aromatic ring is 1. The highest BCUT2D eigenvalue weighted by molar-refractivity contribution is 5.75. The topological polar surface area (TPSA) is 81.3 Å². The minimum Gasteiger partial charge on any atom is -0.507 e. The highest BCUT2D eigenvalue weighted by atomic mass is 16.5. The maximum Gasteiger partial charge on any atom is 0.151 e. The monoisotopic (exact) mass is 309 g/mol. The Morgan fingerprint density at radius 3 is 2.78 bits per heavy atom. The SMILES string of the molecule is Nc1nnc(-c2ccc3c(c2O)CCC3)c2c1COC1(CC1)C2. The molecular formula is C18H19N3O2. The molecule has 0 unspecified atom stereocenters. The molecule has 3 N–H and O–H groups in total. The van der Waals surface area contributed by atoms with Gasteiger partial charge < -0.3 is 15.6 Å². The molecule has 1 spiro atoms. The van der Waals surface area contributed by atoms with Gasteiger partial charge in [0, 0.05) is 17.5 Å². The minimum absolute atomic E-state index is 0.0242. The Morgan fingerprint density at radius 1 is 1.09 bits per heavy atom. The molecule has 2 aromatic rings. The number of benzene rings is 1. The molecule has 0 bridgehead atoms. The second-order valence-corrected chi connectivity index (χ2v) is 6.99. The zero-order valence-electron chi connectivity index (χ0n) is 12.9. The van der Waals surface area contributed by atoms with Crippen molar-refractivity contribution < 1.29 is 9.84 Å². The van der Waals surface area contributed by atoms with E-state index in [1.807, 2.05) is 6.07 Å². The van der Waals surface area contributed by atoms with E-state index < -0.39 is 0 Å². The van der Waals surface area contributed by atoms with Gasteiger partial charge in [-0.3, -0.25) is 0 Å². The van der Waals surface area contributed by atoms with Crippen LogP contribution in [0.5, 0.6) is 5.75 Å². The number of hydrogen-bond donors (Lipinski definition) is 2. The van der Waals surface area contributed by atoms with Crippen LogP contribution in [0.25, 0.3) is 11.3 Å². The van der Waals surface area contributed by atoms with Crippen LogP contribution >= 0.6 is 0 Å². The van der Waals surface area contributed by atoms with Gasteiger partial charge in [-0.25, -0.2) is 0 Å². The molecule has 0 saturated heterocycles. The third-order valence-electron chi connectivity index (χ3n) is 5.55. The number of fused-ring (bicyclic) bond motifs is 2. The molecule has 5 rings (SSSR count). The lowest BCUT2D eigenvalue weighted by atomic mass is 9.92. The summed E-state index contributed by atoms with van der Waals surface area (Å²) < 4.78 is 5.97. The fraction of sp³-hybridized carbons (Fsp3) is 0.444. The molecular weight excluding hydrogens is 290 g/mol. The van der Waals surface area contributed by atoms with Crippen molar-refractivity contribution in [1.29, 1.82) is 0 Å².